The minimum atomic E-state index is -0.922. The summed E-state index contributed by atoms with van der Waals surface area (Å²) in [4.78, 5) is 24.8. The highest BCUT2D eigenvalue weighted by atomic mass is 16.7. The van der Waals surface area contributed by atoms with Crippen LogP contribution in [0.4, 0.5) is 0 Å². The molecule has 124 valence electrons. The van der Waals surface area contributed by atoms with Gasteiger partial charge in [0.25, 0.3) is 5.56 Å². The van der Waals surface area contributed by atoms with Crippen LogP contribution in [0.2, 0.25) is 0 Å². The van der Waals surface area contributed by atoms with Crippen LogP contribution < -0.4 is 15.0 Å². The van der Waals surface area contributed by atoms with Crippen LogP contribution in [0.3, 0.4) is 0 Å². The highest BCUT2D eigenvalue weighted by Gasteiger charge is 2.25. The number of fused-ring (bicyclic) bond motifs is 2. The van der Waals surface area contributed by atoms with E-state index in [1.54, 1.807) is 6.07 Å². The highest BCUT2D eigenvalue weighted by Crippen LogP contribution is 2.39. The first-order valence-electron chi connectivity index (χ1n) is 7.16. The van der Waals surface area contributed by atoms with E-state index >= 15 is 0 Å². The fourth-order valence-corrected chi connectivity index (χ4v) is 2.53. The zero-order valence-corrected chi connectivity index (χ0v) is 12.8. The molecule has 1 aliphatic heterocycles. The molecule has 1 N–H and O–H groups in total. The number of hydrogen-bond acceptors (Lipinski definition) is 6. The predicted molar refractivity (Wildman–Crippen MR) is 86.7 cm³/mol. The summed E-state index contributed by atoms with van der Waals surface area (Å²) in [7, 11) is 0. The van der Waals surface area contributed by atoms with Gasteiger partial charge in [0.2, 0.25) is 6.79 Å². The monoisotopic (exact) mass is 329 g/mol. The van der Waals surface area contributed by atoms with Gasteiger partial charge in [-0.15, -0.1) is 6.58 Å². The number of allylic oxidation sites excluding steroid dienone is 1. The number of aromatic nitrogens is 1. The number of esters is 1. The lowest BCUT2D eigenvalue weighted by molar-refractivity contribution is 0.0544. The molecule has 2 aromatic rings. The number of aromatic hydroxyl groups is 1. The summed E-state index contributed by atoms with van der Waals surface area (Å²) in [5.41, 5.74) is -0.709. The van der Waals surface area contributed by atoms with E-state index in [0.717, 1.165) is 0 Å². The minimum Gasteiger partial charge on any atom is -0.506 e. The number of ether oxygens (including phenoxy) is 3. The van der Waals surface area contributed by atoms with Gasteiger partial charge in [-0.3, -0.25) is 4.79 Å². The van der Waals surface area contributed by atoms with Crippen molar-refractivity contribution in [3.63, 3.8) is 0 Å². The van der Waals surface area contributed by atoms with Crippen LogP contribution in [0.1, 0.15) is 10.4 Å². The minimum absolute atomic E-state index is 0.0480. The Morgan fingerprint density at radius 3 is 2.67 bits per heavy atom. The summed E-state index contributed by atoms with van der Waals surface area (Å²) in [5, 5.41) is 10.7. The number of benzene rings is 1. The SMILES string of the molecule is C=CCOC(=O)c1c(O)c2cc3c(cc2n(CC=C)c1=O)OCO3. The lowest BCUT2D eigenvalue weighted by atomic mass is 10.1. The maximum atomic E-state index is 12.7. The van der Waals surface area contributed by atoms with Crippen molar-refractivity contribution in [1.29, 1.82) is 0 Å². The first kappa shape index (κ1) is 15.7. The van der Waals surface area contributed by atoms with Crippen LogP contribution in [0.5, 0.6) is 17.2 Å². The third-order valence-corrected chi connectivity index (χ3v) is 3.58. The molecule has 3 rings (SSSR count). The molecule has 7 heteroatoms. The number of hydrogen-bond donors (Lipinski definition) is 1. The quantitative estimate of drug-likeness (QED) is 0.666. The van der Waals surface area contributed by atoms with E-state index < -0.39 is 22.8 Å². The van der Waals surface area contributed by atoms with E-state index in [1.165, 1.54) is 22.8 Å². The van der Waals surface area contributed by atoms with Crippen molar-refractivity contribution in [2.24, 2.45) is 0 Å². The van der Waals surface area contributed by atoms with E-state index in [9.17, 15) is 14.7 Å². The molecule has 0 atom stereocenters. The van der Waals surface area contributed by atoms with Gasteiger partial charge >= 0.3 is 5.97 Å². The molecule has 0 bridgehead atoms. The van der Waals surface area contributed by atoms with Crippen molar-refractivity contribution in [2.75, 3.05) is 13.4 Å². The standard InChI is InChI=1S/C17H15NO6/c1-3-5-18-11-8-13-12(23-9-24-13)7-10(11)15(19)14(16(18)20)17(21)22-6-4-2/h3-4,7-8,19H,1-2,5-6,9H2. The molecule has 0 spiro atoms. The van der Waals surface area contributed by atoms with Crippen molar-refractivity contribution in [1.82, 2.24) is 4.57 Å². The number of pyridine rings is 1. The molecule has 1 aliphatic rings. The molecular formula is C17H15NO6. The molecule has 2 heterocycles. The van der Waals surface area contributed by atoms with Crippen LogP contribution in [-0.4, -0.2) is 29.0 Å². The normalized spacial score (nSPS) is 12.2. The fourth-order valence-electron chi connectivity index (χ4n) is 2.53. The third kappa shape index (κ3) is 2.40. The smallest absolute Gasteiger partial charge is 0.347 e. The molecule has 24 heavy (non-hydrogen) atoms. The third-order valence-electron chi connectivity index (χ3n) is 3.58. The summed E-state index contributed by atoms with van der Waals surface area (Å²) >= 11 is 0. The van der Waals surface area contributed by atoms with Gasteiger partial charge in [0.05, 0.1) is 5.52 Å². The number of carbonyl (C=O) groups excluding carboxylic acids is 1. The Morgan fingerprint density at radius 1 is 1.29 bits per heavy atom. The Bertz CT molecular complexity index is 912. The second-order valence-corrected chi connectivity index (χ2v) is 5.04. The van der Waals surface area contributed by atoms with Gasteiger partial charge in [0.15, 0.2) is 17.1 Å². The molecule has 0 fully saturated rings. The highest BCUT2D eigenvalue weighted by molar-refractivity contribution is 6.00. The van der Waals surface area contributed by atoms with Gasteiger partial charge < -0.3 is 23.9 Å². The maximum absolute atomic E-state index is 12.7. The van der Waals surface area contributed by atoms with Gasteiger partial charge in [0, 0.05) is 18.0 Å². The zero-order chi connectivity index (χ0) is 17.3. The van der Waals surface area contributed by atoms with Crippen molar-refractivity contribution < 1.29 is 24.1 Å². The van der Waals surface area contributed by atoms with Crippen LogP contribution in [0, 0.1) is 0 Å². The predicted octanol–water partition coefficient (Wildman–Crippen LogP) is 1.96. The van der Waals surface area contributed by atoms with Gasteiger partial charge in [-0.25, -0.2) is 4.79 Å². The summed E-state index contributed by atoms with van der Waals surface area (Å²) < 4.78 is 16.8. The van der Waals surface area contributed by atoms with Gasteiger partial charge in [-0.2, -0.15) is 0 Å². The molecule has 0 aliphatic carbocycles. The van der Waals surface area contributed by atoms with Crippen molar-refractivity contribution in [2.45, 2.75) is 6.54 Å². The molecule has 0 radical (unpaired) electrons. The average molecular weight is 329 g/mol. The topological polar surface area (TPSA) is 87.0 Å². The summed E-state index contributed by atoms with van der Waals surface area (Å²) in [6, 6.07) is 3.11. The lowest BCUT2D eigenvalue weighted by Crippen LogP contribution is -2.27. The Kier molecular flexibility index (Phi) is 3.99. The largest absolute Gasteiger partial charge is 0.506 e. The number of carbonyl (C=O) groups is 1. The van der Waals surface area contributed by atoms with E-state index in [-0.39, 0.29) is 25.3 Å². The molecule has 0 unspecified atom stereocenters. The molecule has 0 saturated heterocycles. The molecule has 7 nitrogen and oxygen atoms in total. The number of nitrogens with zero attached hydrogens (tertiary/aromatic N) is 1. The van der Waals surface area contributed by atoms with Crippen LogP contribution in [0.15, 0.2) is 42.2 Å². The first-order chi connectivity index (χ1) is 11.6. The Balaban J connectivity index is 2.31. The van der Waals surface area contributed by atoms with Crippen molar-refractivity contribution in [3.8, 4) is 17.2 Å². The van der Waals surface area contributed by atoms with Crippen LogP contribution in [0.25, 0.3) is 10.9 Å². The van der Waals surface area contributed by atoms with Gasteiger partial charge in [-0.05, 0) is 6.07 Å². The summed E-state index contributed by atoms with van der Waals surface area (Å²) in [6.45, 7) is 7.18. The Hall–Kier alpha value is -3.22. The van der Waals surface area contributed by atoms with E-state index in [4.69, 9.17) is 14.2 Å². The van der Waals surface area contributed by atoms with E-state index in [0.29, 0.717) is 17.0 Å². The van der Waals surface area contributed by atoms with E-state index in [1.807, 2.05) is 0 Å². The fraction of sp³-hybridized carbons (Fsp3) is 0.176. The van der Waals surface area contributed by atoms with Gasteiger partial charge in [-0.1, -0.05) is 18.7 Å². The Labute approximate surface area is 137 Å². The zero-order valence-electron chi connectivity index (χ0n) is 12.8. The van der Waals surface area contributed by atoms with Crippen molar-refractivity contribution in [3.05, 3.63) is 53.4 Å². The second kappa shape index (κ2) is 6.11. The molecule has 1 aromatic carbocycles. The second-order valence-electron chi connectivity index (χ2n) is 5.04. The van der Waals surface area contributed by atoms with Crippen LogP contribution >= 0.6 is 0 Å². The van der Waals surface area contributed by atoms with Gasteiger partial charge in [0.1, 0.15) is 12.4 Å². The molecule has 0 saturated carbocycles. The lowest BCUT2D eigenvalue weighted by Gasteiger charge is -2.14. The van der Waals surface area contributed by atoms with Crippen molar-refractivity contribution >= 4 is 16.9 Å². The Morgan fingerprint density at radius 2 is 2.00 bits per heavy atom. The molecule has 0 amide bonds. The summed E-state index contributed by atoms with van der Waals surface area (Å²) in [5.74, 6) is -0.495. The van der Waals surface area contributed by atoms with E-state index in [2.05, 4.69) is 13.2 Å². The first-order valence-corrected chi connectivity index (χ1v) is 7.16. The maximum Gasteiger partial charge on any atom is 0.347 e. The molecular weight excluding hydrogens is 314 g/mol. The number of rotatable bonds is 5. The van der Waals surface area contributed by atoms with Crippen LogP contribution in [-0.2, 0) is 11.3 Å². The average Bonchev–Trinajstić information content (AvgIpc) is 3.03. The molecule has 1 aromatic heterocycles. The summed E-state index contributed by atoms with van der Waals surface area (Å²) in [6.07, 6.45) is 2.89.